The molecule has 134 valence electrons. The van der Waals surface area contributed by atoms with Crippen LogP contribution in [0.1, 0.15) is 12.8 Å². The van der Waals surface area contributed by atoms with Crippen LogP contribution in [0.15, 0.2) is 4.99 Å². The molecule has 0 fully saturated rings. The molecule has 0 saturated carbocycles. The molecule has 0 amide bonds. The molecule has 0 spiro atoms. The van der Waals surface area contributed by atoms with Crippen LogP contribution in [0.2, 0.25) is 0 Å². The van der Waals surface area contributed by atoms with E-state index < -0.39 is 49.3 Å². The molecule has 0 aliphatic heterocycles. The molecule has 0 aliphatic rings. The lowest BCUT2D eigenvalue weighted by Gasteiger charge is -2.21. The highest BCUT2D eigenvalue weighted by Crippen LogP contribution is 2.03. The number of carboxylic acid groups (broad SMARTS) is 1. The SMILES string of the molecule is NC(N)=NCCCC(NCC(=O)C(O)C(O)C(O)CO)C(=O)O. The van der Waals surface area contributed by atoms with Crippen LogP contribution in [0.4, 0.5) is 0 Å². The zero-order valence-electron chi connectivity index (χ0n) is 12.5. The van der Waals surface area contributed by atoms with Crippen molar-refractivity contribution in [1.29, 1.82) is 0 Å². The maximum atomic E-state index is 11.6. The van der Waals surface area contributed by atoms with Crippen molar-refractivity contribution in [2.75, 3.05) is 19.7 Å². The quantitative estimate of drug-likeness (QED) is 0.0975. The molecule has 0 heterocycles. The molecule has 0 aromatic rings. The molecule has 4 atom stereocenters. The van der Waals surface area contributed by atoms with E-state index in [1.807, 2.05) is 0 Å². The van der Waals surface area contributed by atoms with E-state index in [2.05, 4.69) is 10.3 Å². The van der Waals surface area contributed by atoms with Gasteiger partial charge in [0.2, 0.25) is 0 Å². The third kappa shape index (κ3) is 8.42. The zero-order chi connectivity index (χ0) is 18.0. The van der Waals surface area contributed by atoms with Gasteiger partial charge in [0.05, 0.1) is 13.2 Å². The fraction of sp³-hybridized carbons (Fsp3) is 0.750. The van der Waals surface area contributed by atoms with Gasteiger partial charge in [-0.2, -0.15) is 0 Å². The number of carbonyl (C=O) groups is 2. The van der Waals surface area contributed by atoms with Crippen LogP contribution in [0, 0.1) is 0 Å². The normalized spacial score (nSPS) is 16.2. The number of Topliss-reactive ketones (excluding diaryl/α,β-unsaturated/α-hetero) is 1. The molecule has 0 saturated heterocycles. The number of aliphatic imine (C=N–C) groups is 1. The number of ketones is 1. The number of nitrogens with one attached hydrogen (secondary N) is 1. The molecule has 11 nitrogen and oxygen atoms in total. The van der Waals surface area contributed by atoms with E-state index >= 15 is 0 Å². The minimum atomic E-state index is -1.94. The first kappa shape index (κ1) is 21.2. The lowest BCUT2D eigenvalue weighted by atomic mass is 10.0. The summed E-state index contributed by atoms with van der Waals surface area (Å²) in [6.45, 7) is -1.14. The van der Waals surface area contributed by atoms with Crippen molar-refractivity contribution in [2.24, 2.45) is 16.5 Å². The average molecular weight is 336 g/mol. The fourth-order valence-electron chi connectivity index (χ4n) is 1.65. The molecule has 0 radical (unpaired) electrons. The van der Waals surface area contributed by atoms with Gasteiger partial charge in [-0.05, 0) is 12.8 Å². The Kier molecular flexibility index (Phi) is 10.0. The summed E-state index contributed by atoms with van der Waals surface area (Å²) in [7, 11) is 0. The van der Waals surface area contributed by atoms with Crippen molar-refractivity contribution in [1.82, 2.24) is 5.32 Å². The van der Waals surface area contributed by atoms with Gasteiger partial charge in [0, 0.05) is 6.54 Å². The number of rotatable bonds is 12. The summed E-state index contributed by atoms with van der Waals surface area (Å²) in [5.41, 5.74) is 10.3. The highest BCUT2D eigenvalue weighted by molar-refractivity contribution is 5.86. The summed E-state index contributed by atoms with van der Waals surface area (Å²) in [6.07, 6.45) is -4.99. The fourth-order valence-corrected chi connectivity index (χ4v) is 1.65. The highest BCUT2D eigenvalue weighted by Gasteiger charge is 2.30. The summed E-state index contributed by atoms with van der Waals surface area (Å²) in [6, 6.07) is -1.07. The summed E-state index contributed by atoms with van der Waals surface area (Å²) in [4.78, 5) is 26.4. The van der Waals surface area contributed by atoms with Gasteiger partial charge in [-0.15, -0.1) is 0 Å². The Morgan fingerprint density at radius 1 is 1.17 bits per heavy atom. The van der Waals surface area contributed by atoms with Crippen molar-refractivity contribution >= 4 is 17.7 Å². The van der Waals surface area contributed by atoms with E-state index in [1.165, 1.54) is 0 Å². The third-order valence-electron chi connectivity index (χ3n) is 3.00. The minimum absolute atomic E-state index is 0.112. The Balaban J connectivity index is 4.37. The maximum Gasteiger partial charge on any atom is 0.320 e. The van der Waals surface area contributed by atoms with Gasteiger partial charge in [0.1, 0.15) is 24.4 Å². The van der Waals surface area contributed by atoms with E-state index in [9.17, 15) is 19.8 Å². The van der Waals surface area contributed by atoms with E-state index in [1.54, 1.807) is 0 Å². The van der Waals surface area contributed by atoms with Crippen LogP contribution in [0.3, 0.4) is 0 Å². The number of carboxylic acids is 1. The Bertz CT molecular complexity index is 414. The maximum absolute atomic E-state index is 11.6. The summed E-state index contributed by atoms with van der Waals surface area (Å²) in [5.74, 6) is -2.23. The monoisotopic (exact) mass is 336 g/mol. The standard InChI is InChI=1S/C12H24N4O7/c13-12(14)15-3-1-2-6(11(22)23)16-4-7(18)9(20)10(21)8(19)5-17/h6,8-10,16-17,19-21H,1-5H2,(H,22,23)(H4,13,14,15). The topological polar surface area (TPSA) is 212 Å². The first-order chi connectivity index (χ1) is 10.7. The van der Waals surface area contributed by atoms with Gasteiger partial charge in [0.15, 0.2) is 11.7 Å². The number of carbonyl (C=O) groups excluding carboxylic acids is 1. The summed E-state index contributed by atoms with van der Waals surface area (Å²) < 4.78 is 0. The number of nitrogens with two attached hydrogens (primary N) is 2. The first-order valence-electron chi connectivity index (χ1n) is 6.90. The smallest absolute Gasteiger partial charge is 0.320 e. The van der Waals surface area contributed by atoms with E-state index in [0.717, 1.165) is 0 Å². The zero-order valence-corrected chi connectivity index (χ0v) is 12.5. The first-order valence-corrected chi connectivity index (χ1v) is 6.90. The molecule has 0 aliphatic carbocycles. The van der Waals surface area contributed by atoms with Gasteiger partial charge >= 0.3 is 5.97 Å². The van der Waals surface area contributed by atoms with E-state index in [4.69, 9.17) is 26.8 Å². The van der Waals surface area contributed by atoms with Gasteiger partial charge in [0.25, 0.3) is 0 Å². The Morgan fingerprint density at radius 2 is 1.78 bits per heavy atom. The molecule has 0 aromatic carbocycles. The van der Waals surface area contributed by atoms with Crippen LogP contribution >= 0.6 is 0 Å². The van der Waals surface area contributed by atoms with Crippen molar-refractivity contribution in [2.45, 2.75) is 37.2 Å². The van der Waals surface area contributed by atoms with Gasteiger partial charge in [-0.3, -0.25) is 19.9 Å². The predicted octanol–water partition coefficient (Wildman–Crippen LogP) is -4.27. The summed E-state index contributed by atoms with van der Waals surface area (Å²) in [5, 5.41) is 48.1. The minimum Gasteiger partial charge on any atom is -0.480 e. The molecule has 0 aromatic heterocycles. The lowest BCUT2D eigenvalue weighted by molar-refractivity contribution is -0.141. The molecule has 0 bridgehead atoms. The van der Waals surface area contributed by atoms with Crippen molar-refractivity contribution in [3.8, 4) is 0 Å². The van der Waals surface area contributed by atoms with E-state index in [0.29, 0.717) is 6.42 Å². The molecule has 4 unspecified atom stereocenters. The Labute approximate surface area is 132 Å². The molecule has 0 rings (SSSR count). The number of nitrogens with zero attached hydrogens (tertiary/aromatic N) is 1. The molecular weight excluding hydrogens is 312 g/mol. The molecular formula is C12H24N4O7. The van der Waals surface area contributed by atoms with Gasteiger partial charge in [-0.25, -0.2) is 0 Å². The van der Waals surface area contributed by atoms with Gasteiger partial charge in [-0.1, -0.05) is 0 Å². The summed E-state index contributed by atoms with van der Waals surface area (Å²) >= 11 is 0. The van der Waals surface area contributed by atoms with Gasteiger partial charge < -0.3 is 37.0 Å². The van der Waals surface area contributed by atoms with Crippen LogP contribution in [-0.2, 0) is 9.59 Å². The Hall–Kier alpha value is -1.79. The second-order valence-electron chi connectivity index (χ2n) is 4.87. The Morgan fingerprint density at radius 3 is 2.26 bits per heavy atom. The second kappa shape index (κ2) is 10.9. The predicted molar refractivity (Wildman–Crippen MR) is 79.5 cm³/mol. The molecule has 23 heavy (non-hydrogen) atoms. The highest BCUT2D eigenvalue weighted by atomic mass is 16.4. The van der Waals surface area contributed by atoms with Crippen molar-refractivity contribution < 1.29 is 35.1 Å². The lowest BCUT2D eigenvalue weighted by Crippen LogP contribution is -2.48. The van der Waals surface area contributed by atoms with E-state index in [-0.39, 0.29) is 18.9 Å². The number of aliphatic carboxylic acids is 1. The average Bonchev–Trinajstić information content (AvgIpc) is 2.50. The molecule has 10 N–H and O–H groups in total. The number of aliphatic hydroxyl groups is 4. The van der Waals surface area contributed by atoms with Crippen LogP contribution in [0.5, 0.6) is 0 Å². The number of hydrogen-bond acceptors (Lipinski definition) is 8. The van der Waals surface area contributed by atoms with Crippen molar-refractivity contribution in [3.05, 3.63) is 0 Å². The van der Waals surface area contributed by atoms with Crippen LogP contribution in [0.25, 0.3) is 0 Å². The molecule has 11 heteroatoms. The number of guanidine groups is 1. The van der Waals surface area contributed by atoms with Crippen molar-refractivity contribution in [3.63, 3.8) is 0 Å². The third-order valence-corrected chi connectivity index (χ3v) is 3.00. The van der Waals surface area contributed by atoms with Crippen LogP contribution in [-0.4, -0.2) is 87.3 Å². The second-order valence-corrected chi connectivity index (χ2v) is 4.87. The number of hydrogen-bond donors (Lipinski definition) is 8. The number of aliphatic hydroxyl groups excluding tert-OH is 4. The van der Waals surface area contributed by atoms with Crippen LogP contribution < -0.4 is 16.8 Å². The largest absolute Gasteiger partial charge is 0.480 e.